The molecule has 0 atom stereocenters. The highest BCUT2D eigenvalue weighted by Crippen LogP contribution is 2.18. The molecule has 0 bridgehead atoms. The number of hydrogen-bond donors (Lipinski definition) is 1. The number of rotatable bonds is 6. The Morgan fingerprint density at radius 1 is 1.21 bits per heavy atom. The van der Waals surface area contributed by atoms with E-state index in [-0.39, 0.29) is 18.2 Å². The van der Waals surface area contributed by atoms with Crippen molar-refractivity contribution in [2.24, 2.45) is 0 Å². The summed E-state index contributed by atoms with van der Waals surface area (Å²) in [6.07, 6.45) is 3.88. The summed E-state index contributed by atoms with van der Waals surface area (Å²) in [5.41, 5.74) is 4.95. The molecule has 1 N–H and O–H groups in total. The van der Waals surface area contributed by atoms with Crippen molar-refractivity contribution in [3.8, 4) is 11.3 Å². The molecule has 0 aliphatic rings. The van der Waals surface area contributed by atoms with E-state index in [9.17, 15) is 4.79 Å². The summed E-state index contributed by atoms with van der Waals surface area (Å²) in [6, 6.07) is 11.9. The van der Waals surface area contributed by atoms with E-state index in [1.807, 2.05) is 72.7 Å². The van der Waals surface area contributed by atoms with Gasteiger partial charge in [0.15, 0.2) is 12.4 Å². The second kappa shape index (κ2) is 8.71. The first-order valence-electron chi connectivity index (χ1n) is 9.12. The van der Waals surface area contributed by atoms with Crippen molar-refractivity contribution in [1.29, 1.82) is 0 Å². The van der Waals surface area contributed by atoms with Crippen LogP contribution in [-0.4, -0.2) is 25.8 Å². The first-order chi connectivity index (χ1) is 13.5. The molecule has 4 rings (SSSR count). The van der Waals surface area contributed by atoms with Crippen molar-refractivity contribution in [3.63, 3.8) is 0 Å². The van der Waals surface area contributed by atoms with Crippen molar-refractivity contribution in [2.75, 3.05) is 0 Å². The Morgan fingerprint density at radius 2 is 2.03 bits per heavy atom. The van der Waals surface area contributed by atoms with Crippen LogP contribution in [0, 0.1) is 20.8 Å². The highest BCUT2D eigenvalue weighted by molar-refractivity contribution is 7.13. The number of nitrogens with one attached hydrogen (secondary N) is 1. The van der Waals surface area contributed by atoms with E-state index in [1.54, 1.807) is 0 Å². The number of hydrogen-bond acceptors (Lipinski definition) is 4. The van der Waals surface area contributed by atoms with E-state index in [4.69, 9.17) is 0 Å². The van der Waals surface area contributed by atoms with Crippen LogP contribution in [0.3, 0.4) is 0 Å². The Kier molecular flexibility index (Phi) is 6.30. The van der Waals surface area contributed by atoms with Gasteiger partial charge in [0.2, 0.25) is 12.3 Å². The molecule has 4 aromatic rings. The number of Topliss-reactive ketones (excluding diaryl/α,β-unsaturated/α-hetero) is 1. The second-order valence-electron chi connectivity index (χ2n) is 6.96. The van der Waals surface area contributed by atoms with E-state index in [0.29, 0.717) is 13.1 Å². The van der Waals surface area contributed by atoms with Crippen LogP contribution in [0.5, 0.6) is 0 Å². The van der Waals surface area contributed by atoms with Crippen LogP contribution < -0.4 is 17.0 Å². The number of thiophene rings is 1. The highest BCUT2D eigenvalue weighted by atomic mass is 35.5. The van der Waals surface area contributed by atoms with Gasteiger partial charge in [-0.15, -0.1) is 11.3 Å². The van der Waals surface area contributed by atoms with Crippen LogP contribution in [0.2, 0.25) is 0 Å². The summed E-state index contributed by atoms with van der Waals surface area (Å²) >= 11 is 1.54. The topological polar surface area (TPSA) is 67.5 Å². The molecule has 0 fully saturated rings. The molecule has 8 heteroatoms. The van der Waals surface area contributed by atoms with Crippen LogP contribution in [0.15, 0.2) is 48.8 Å². The Hall–Kier alpha value is -2.77. The van der Waals surface area contributed by atoms with Crippen LogP contribution in [0.25, 0.3) is 11.3 Å². The maximum atomic E-state index is 12.5. The molecule has 150 valence electrons. The lowest BCUT2D eigenvalue weighted by Crippen LogP contribution is -3.00. The lowest BCUT2D eigenvalue weighted by molar-refractivity contribution is -0.682. The first kappa shape index (κ1) is 21.0. The van der Waals surface area contributed by atoms with Gasteiger partial charge in [-0.25, -0.2) is 0 Å². The first-order valence-corrected chi connectivity index (χ1v) is 9.94. The maximum Gasteiger partial charge on any atom is 0.237 e. The quantitative estimate of drug-likeness (QED) is 0.359. The van der Waals surface area contributed by atoms with Crippen LogP contribution in [0.4, 0.5) is 0 Å². The zero-order chi connectivity index (χ0) is 19.7. The summed E-state index contributed by atoms with van der Waals surface area (Å²) in [4.78, 5) is 14.4. The second-order valence-corrected chi connectivity index (χ2v) is 8.24. The van der Waals surface area contributed by atoms with E-state index >= 15 is 0 Å². The number of H-pyrrole nitrogens is 1. The van der Waals surface area contributed by atoms with Gasteiger partial charge < -0.3 is 12.4 Å². The third-order valence-corrected chi connectivity index (χ3v) is 5.60. The lowest BCUT2D eigenvalue weighted by atomic mass is 10.2. The number of pyridine rings is 1. The molecule has 0 aliphatic carbocycles. The maximum absolute atomic E-state index is 12.5. The number of aryl methyl sites for hydroxylation is 3. The van der Waals surface area contributed by atoms with Crippen LogP contribution in [0.1, 0.15) is 31.6 Å². The standard InChI is InChI=1S/C21H22N5OS.ClH/c1-14-9-15(2)26(24-14)12-18-10-19(23-22-18)17-5-4-8-25(11-17)13-20(27)21-7-6-16(3)28-21;/h4-11H,12-13H2,1-3H3,(H,22,23);1H/q+1;/p-1. The van der Waals surface area contributed by atoms with Crippen molar-refractivity contribution in [2.45, 2.75) is 33.9 Å². The highest BCUT2D eigenvalue weighted by Gasteiger charge is 2.15. The summed E-state index contributed by atoms with van der Waals surface area (Å²) in [6.45, 7) is 6.98. The number of nitrogens with zero attached hydrogens (tertiary/aromatic N) is 4. The van der Waals surface area contributed by atoms with Crippen LogP contribution >= 0.6 is 11.3 Å². The van der Waals surface area contributed by atoms with Gasteiger partial charge in [0, 0.05) is 16.6 Å². The molecular weight excluding hydrogens is 406 g/mol. The van der Waals surface area contributed by atoms with Gasteiger partial charge in [0.25, 0.3) is 0 Å². The Morgan fingerprint density at radius 3 is 2.72 bits per heavy atom. The summed E-state index contributed by atoms with van der Waals surface area (Å²) in [7, 11) is 0. The zero-order valence-corrected chi connectivity index (χ0v) is 18.1. The van der Waals surface area contributed by atoms with E-state index in [0.717, 1.165) is 38.1 Å². The van der Waals surface area contributed by atoms with Gasteiger partial charge in [-0.1, -0.05) is 0 Å². The van der Waals surface area contributed by atoms with Crippen molar-refractivity contribution < 1.29 is 21.8 Å². The van der Waals surface area contributed by atoms with Crippen molar-refractivity contribution in [1.82, 2.24) is 20.0 Å². The van der Waals surface area contributed by atoms with Crippen LogP contribution in [-0.2, 0) is 13.1 Å². The van der Waals surface area contributed by atoms with Crippen molar-refractivity contribution >= 4 is 17.1 Å². The van der Waals surface area contributed by atoms with Gasteiger partial charge in [-0.3, -0.25) is 14.6 Å². The van der Waals surface area contributed by atoms with Gasteiger partial charge in [0.1, 0.15) is 0 Å². The Bertz CT molecular complexity index is 1140. The molecule has 0 radical (unpaired) electrons. The molecule has 4 heterocycles. The normalized spacial score (nSPS) is 10.7. The average Bonchev–Trinajstić information content (AvgIpc) is 3.37. The molecule has 4 aromatic heterocycles. The van der Waals surface area contributed by atoms with E-state index in [2.05, 4.69) is 21.4 Å². The molecule has 0 aromatic carbocycles. The predicted octanol–water partition coefficient (Wildman–Crippen LogP) is 0.483. The molecule has 0 spiro atoms. The molecule has 0 saturated carbocycles. The largest absolute Gasteiger partial charge is 1.00 e. The summed E-state index contributed by atoms with van der Waals surface area (Å²) in [5.74, 6) is 0.120. The molecule has 0 saturated heterocycles. The number of carbonyl (C=O) groups is 1. The third-order valence-electron chi connectivity index (χ3n) is 4.56. The monoisotopic (exact) mass is 427 g/mol. The summed E-state index contributed by atoms with van der Waals surface area (Å²) in [5, 5.41) is 12.0. The minimum Gasteiger partial charge on any atom is -1.00 e. The SMILES string of the molecule is Cc1cc(C)n(Cc2cc(-c3ccc[n+](CC(=O)c4ccc(C)s4)c3)[nH]n2)n1.[Cl-]. The number of ketones is 1. The van der Waals surface area contributed by atoms with Gasteiger partial charge >= 0.3 is 0 Å². The number of aromatic amines is 1. The van der Waals surface area contributed by atoms with Gasteiger partial charge in [-0.2, -0.15) is 14.8 Å². The van der Waals surface area contributed by atoms with Crippen molar-refractivity contribution in [3.05, 3.63) is 75.6 Å². The van der Waals surface area contributed by atoms with Gasteiger partial charge in [-0.05, 0) is 51.1 Å². The molecule has 0 unspecified atom stereocenters. The lowest BCUT2D eigenvalue weighted by Gasteiger charge is -2.00. The molecular formula is C21H22ClN5OS. The molecule has 0 amide bonds. The Balaban J connectivity index is 0.00000240. The number of aromatic nitrogens is 5. The minimum absolute atomic E-state index is 0. The summed E-state index contributed by atoms with van der Waals surface area (Å²) < 4.78 is 3.86. The molecule has 6 nitrogen and oxygen atoms in total. The predicted molar refractivity (Wildman–Crippen MR) is 108 cm³/mol. The average molecular weight is 428 g/mol. The molecule has 0 aliphatic heterocycles. The van der Waals surface area contributed by atoms with E-state index in [1.165, 1.54) is 11.3 Å². The number of halogens is 1. The van der Waals surface area contributed by atoms with E-state index < -0.39 is 0 Å². The fourth-order valence-electron chi connectivity index (χ4n) is 3.19. The molecule has 29 heavy (non-hydrogen) atoms. The fourth-order valence-corrected chi connectivity index (χ4v) is 3.99. The third kappa shape index (κ3) is 4.81. The fraction of sp³-hybridized carbons (Fsp3) is 0.238. The zero-order valence-electron chi connectivity index (χ0n) is 16.5. The Labute approximate surface area is 179 Å². The minimum atomic E-state index is 0. The smallest absolute Gasteiger partial charge is 0.237 e. The van der Waals surface area contributed by atoms with Gasteiger partial charge in [0.05, 0.1) is 34.1 Å². The number of carbonyl (C=O) groups excluding carboxylic acids is 1.